The standard InChI is InChI=1S/C22H24N2O4S/c25-20(16-6-2-1-3-7-16)18-19(17-8-4-15-29-17)24(22(27)21(18)26)10-5-9-23-11-13-28-14-12-23/h1-4,6-8,15,19,25H,5,9-14H2/b20-18-. The summed E-state index contributed by atoms with van der Waals surface area (Å²) in [7, 11) is 0. The number of benzene rings is 1. The first-order chi connectivity index (χ1) is 14.2. The molecule has 4 rings (SSSR count). The molecule has 0 saturated carbocycles. The molecule has 1 atom stereocenters. The fourth-order valence-electron chi connectivity index (χ4n) is 3.89. The molecule has 3 heterocycles. The molecule has 2 aliphatic heterocycles. The quantitative estimate of drug-likeness (QED) is 0.449. The van der Waals surface area contributed by atoms with E-state index in [-0.39, 0.29) is 11.3 Å². The van der Waals surface area contributed by atoms with Crippen LogP contribution in [0.5, 0.6) is 0 Å². The lowest BCUT2D eigenvalue weighted by molar-refractivity contribution is -0.140. The number of likely N-dealkylation sites (tertiary alicyclic amines) is 1. The Morgan fingerprint density at radius 1 is 1.07 bits per heavy atom. The van der Waals surface area contributed by atoms with Crippen LogP contribution in [0.3, 0.4) is 0 Å². The van der Waals surface area contributed by atoms with Gasteiger partial charge in [0.2, 0.25) is 0 Å². The van der Waals surface area contributed by atoms with Crippen LogP contribution in [0.15, 0.2) is 53.4 Å². The maximum absolute atomic E-state index is 12.9. The molecule has 2 aromatic rings. The van der Waals surface area contributed by atoms with Crippen LogP contribution in [-0.4, -0.2) is 66.0 Å². The van der Waals surface area contributed by atoms with E-state index in [9.17, 15) is 14.7 Å². The molecule has 7 heteroatoms. The largest absolute Gasteiger partial charge is 0.507 e. The van der Waals surface area contributed by atoms with Gasteiger partial charge in [-0.05, 0) is 17.9 Å². The summed E-state index contributed by atoms with van der Waals surface area (Å²) < 4.78 is 5.38. The van der Waals surface area contributed by atoms with Crippen LogP contribution in [-0.2, 0) is 14.3 Å². The summed E-state index contributed by atoms with van der Waals surface area (Å²) in [5.41, 5.74) is 0.718. The molecule has 2 aliphatic rings. The maximum atomic E-state index is 12.9. The first kappa shape index (κ1) is 19.8. The number of carbonyl (C=O) groups excluding carboxylic acids is 2. The Balaban J connectivity index is 1.60. The number of nitrogens with zero attached hydrogens (tertiary/aromatic N) is 2. The van der Waals surface area contributed by atoms with E-state index in [1.165, 1.54) is 11.3 Å². The molecular formula is C22H24N2O4S. The molecule has 1 N–H and O–H groups in total. The van der Waals surface area contributed by atoms with Gasteiger partial charge in [-0.1, -0.05) is 36.4 Å². The van der Waals surface area contributed by atoms with Gasteiger partial charge >= 0.3 is 0 Å². The summed E-state index contributed by atoms with van der Waals surface area (Å²) in [4.78, 5) is 30.5. The number of hydrogen-bond acceptors (Lipinski definition) is 6. The molecule has 1 amide bonds. The normalized spacial score (nSPS) is 22.3. The van der Waals surface area contributed by atoms with E-state index in [0.717, 1.165) is 44.1 Å². The van der Waals surface area contributed by atoms with E-state index in [1.807, 2.05) is 23.6 Å². The summed E-state index contributed by atoms with van der Waals surface area (Å²) in [6.45, 7) is 4.56. The Labute approximate surface area is 174 Å². The zero-order valence-electron chi connectivity index (χ0n) is 16.1. The second kappa shape index (κ2) is 8.90. The summed E-state index contributed by atoms with van der Waals surface area (Å²) >= 11 is 1.49. The van der Waals surface area contributed by atoms with Crippen LogP contribution in [0.2, 0.25) is 0 Å². The van der Waals surface area contributed by atoms with Crippen molar-refractivity contribution in [2.24, 2.45) is 0 Å². The number of thiophene rings is 1. The van der Waals surface area contributed by atoms with Gasteiger partial charge in [-0.3, -0.25) is 14.5 Å². The second-order valence-electron chi connectivity index (χ2n) is 7.18. The van der Waals surface area contributed by atoms with Gasteiger partial charge in [0.05, 0.1) is 24.8 Å². The molecule has 0 radical (unpaired) electrons. The van der Waals surface area contributed by atoms with Crippen LogP contribution in [0.1, 0.15) is 22.9 Å². The van der Waals surface area contributed by atoms with Crippen molar-refractivity contribution in [3.8, 4) is 0 Å². The van der Waals surface area contributed by atoms with Crippen molar-refractivity contribution in [3.63, 3.8) is 0 Å². The summed E-state index contributed by atoms with van der Waals surface area (Å²) in [5, 5.41) is 12.8. The van der Waals surface area contributed by atoms with Crippen LogP contribution in [0, 0.1) is 0 Å². The molecule has 1 aromatic heterocycles. The Morgan fingerprint density at radius 3 is 2.52 bits per heavy atom. The predicted octanol–water partition coefficient (Wildman–Crippen LogP) is 2.89. The molecule has 152 valence electrons. The number of aliphatic hydroxyl groups is 1. The monoisotopic (exact) mass is 412 g/mol. The van der Waals surface area contributed by atoms with Gasteiger partial charge in [-0.2, -0.15) is 0 Å². The first-order valence-corrected chi connectivity index (χ1v) is 10.7. The van der Waals surface area contributed by atoms with Gasteiger partial charge in [0.1, 0.15) is 5.76 Å². The summed E-state index contributed by atoms with van der Waals surface area (Å²) in [6.07, 6.45) is 0.764. The third-order valence-electron chi connectivity index (χ3n) is 5.38. The second-order valence-corrected chi connectivity index (χ2v) is 8.16. The SMILES string of the molecule is O=C1C(=O)N(CCCN2CCOCC2)C(c2cccs2)/C1=C(/O)c1ccccc1. The van der Waals surface area contributed by atoms with E-state index in [1.54, 1.807) is 29.2 Å². The molecule has 0 spiro atoms. The number of ketones is 1. The average molecular weight is 413 g/mol. The number of amides is 1. The number of morpholine rings is 1. The van der Waals surface area contributed by atoms with Gasteiger partial charge in [-0.25, -0.2) is 0 Å². The van der Waals surface area contributed by atoms with Gasteiger partial charge in [-0.15, -0.1) is 11.3 Å². The van der Waals surface area contributed by atoms with Crippen LogP contribution >= 0.6 is 11.3 Å². The fraction of sp³-hybridized carbons (Fsp3) is 0.364. The number of aliphatic hydroxyl groups excluding tert-OH is 1. The predicted molar refractivity (Wildman–Crippen MR) is 112 cm³/mol. The van der Waals surface area contributed by atoms with E-state index in [0.29, 0.717) is 12.1 Å². The fourth-order valence-corrected chi connectivity index (χ4v) is 4.74. The number of rotatable bonds is 6. The minimum atomic E-state index is -0.615. The minimum Gasteiger partial charge on any atom is -0.507 e. The lowest BCUT2D eigenvalue weighted by atomic mass is 10.00. The zero-order chi connectivity index (χ0) is 20.2. The van der Waals surface area contributed by atoms with Crippen molar-refractivity contribution in [1.82, 2.24) is 9.80 Å². The topological polar surface area (TPSA) is 70.1 Å². The number of Topliss-reactive ketones (excluding diaryl/α,β-unsaturated/α-hetero) is 1. The van der Waals surface area contributed by atoms with Crippen molar-refractivity contribution in [3.05, 3.63) is 63.9 Å². The number of ether oxygens (including phenoxy) is 1. The van der Waals surface area contributed by atoms with E-state index in [2.05, 4.69) is 4.90 Å². The highest BCUT2D eigenvalue weighted by molar-refractivity contribution is 7.10. The molecule has 6 nitrogen and oxygen atoms in total. The van der Waals surface area contributed by atoms with Crippen LogP contribution < -0.4 is 0 Å². The molecule has 29 heavy (non-hydrogen) atoms. The Bertz CT molecular complexity index is 889. The molecule has 1 aromatic carbocycles. The molecule has 0 bridgehead atoms. The number of carbonyl (C=O) groups is 2. The third-order valence-corrected chi connectivity index (χ3v) is 6.30. The zero-order valence-corrected chi connectivity index (χ0v) is 16.9. The van der Waals surface area contributed by atoms with Gasteiger partial charge in [0, 0.05) is 36.6 Å². The minimum absolute atomic E-state index is 0.113. The third kappa shape index (κ3) is 4.12. The maximum Gasteiger partial charge on any atom is 0.295 e. The highest BCUT2D eigenvalue weighted by Gasteiger charge is 2.46. The Morgan fingerprint density at radius 2 is 1.83 bits per heavy atom. The molecule has 2 fully saturated rings. The molecule has 0 aliphatic carbocycles. The van der Waals surface area contributed by atoms with E-state index < -0.39 is 17.7 Å². The van der Waals surface area contributed by atoms with Crippen molar-refractivity contribution in [2.45, 2.75) is 12.5 Å². The number of hydrogen-bond donors (Lipinski definition) is 1. The molecule has 2 saturated heterocycles. The molecule has 1 unspecified atom stereocenters. The highest BCUT2D eigenvalue weighted by Crippen LogP contribution is 2.41. The Kier molecular flexibility index (Phi) is 6.08. The van der Waals surface area contributed by atoms with Gasteiger partial charge in [0.25, 0.3) is 11.7 Å². The van der Waals surface area contributed by atoms with Crippen molar-refractivity contribution in [2.75, 3.05) is 39.4 Å². The summed E-state index contributed by atoms with van der Waals surface area (Å²) in [6, 6.07) is 12.2. The van der Waals surface area contributed by atoms with Crippen molar-refractivity contribution < 1.29 is 19.4 Å². The van der Waals surface area contributed by atoms with Crippen molar-refractivity contribution in [1.29, 1.82) is 0 Å². The van der Waals surface area contributed by atoms with E-state index in [4.69, 9.17) is 4.74 Å². The average Bonchev–Trinajstić information content (AvgIpc) is 3.37. The smallest absolute Gasteiger partial charge is 0.295 e. The van der Waals surface area contributed by atoms with E-state index >= 15 is 0 Å². The lowest BCUT2D eigenvalue weighted by Crippen LogP contribution is -2.38. The summed E-state index contributed by atoms with van der Waals surface area (Å²) in [5.74, 6) is -1.27. The molecular weight excluding hydrogens is 388 g/mol. The highest BCUT2D eigenvalue weighted by atomic mass is 32.1. The van der Waals surface area contributed by atoms with Crippen molar-refractivity contribution >= 4 is 28.8 Å². The van der Waals surface area contributed by atoms with Crippen LogP contribution in [0.4, 0.5) is 0 Å². The van der Waals surface area contributed by atoms with Crippen LogP contribution in [0.25, 0.3) is 5.76 Å². The first-order valence-electron chi connectivity index (χ1n) is 9.84. The van der Waals surface area contributed by atoms with Gasteiger partial charge in [0.15, 0.2) is 0 Å². The van der Waals surface area contributed by atoms with Gasteiger partial charge < -0.3 is 14.7 Å². The lowest BCUT2D eigenvalue weighted by Gasteiger charge is -2.28. The Hall–Kier alpha value is -2.48.